The second kappa shape index (κ2) is 4.90. The molecule has 5 N–H and O–H groups in total. The van der Waals surface area contributed by atoms with Gasteiger partial charge in [0.05, 0.1) is 5.54 Å². The number of carbonyl (C=O) groups excluding carboxylic acids is 1. The van der Waals surface area contributed by atoms with Crippen LogP contribution in [0.3, 0.4) is 0 Å². The van der Waals surface area contributed by atoms with E-state index in [9.17, 15) is 18.0 Å². The lowest BCUT2D eigenvalue weighted by atomic mass is 10.1. The second-order valence-electron chi connectivity index (χ2n) is 3.53. The molecule has 0 aromatic carbocycles. The third kappa shape index (κ3) is 5.27. The number of nitrogens with two attached hydrogens (primary N) is 1. The van der Waals surface area contributed by atoms with Crippen molar-refractivity contribution in [2.24, 2.45) is 10.9 Å². The average molecular weight is 242 g/mol. The topological polar surface area (TPSA) is 99.7 Å². The van der Waals surface area contributed by atoms with Crippen molar-refractivity contribution in [2.45, 2.75) is 25.6 Å². The van der Waals surface area contributed by atoms with Crippen molar-refractivity contribution in [3.8, 4) is 0 Å². The van der Waals surface area contributed by atoms with Gasteiger partial charge in [-0.25, -0.2) is 4.79 Å². The molecule has 2 amide bonds. The van der Waals surface area contributed by atoms with Crippen LogP contribution in [0.4, 0.5) is 18.0 Å². The molecule has 0 saturated heterocycles. The van der Waals surface area contributed by atoms with Gasteiger partial charge in [0.25, 0.3) is 0 Å². The smallest absolute Gasteiger partial charge is 0.405 e. The van der Waals surface area contributed by atoms with Crippen molar-refractivity contribution >= 4 is 11.9 Å². The molecule has 0 bridgehead atoms. The number of amidine groups is 1. The maximum Gasteiger partial charge on any atom is 0.405 e. The molecule has 16 heavy (non-hydrogen) atoms. The summed E-state index contributed by atoms with van der Waals surface area (Å²) < 4.78 is 35.2. The molecular weight excluding hydrogens is 229 g/mol. The molecule has 94 valence electrons. The van der Waals surface area contributed by atoms with Crippen molar-refractivity contribution in [3.05, 3.63) is 0 Å². The third-order valence-corrected chi connectivity index (χ3v) is 1.62. The van der Waals surface area contributed by atoms with Gasteiger partial charge in [-0.3, -0.25) is 0 Å². The highest BCUT2D eigenvalue weighted by molar-refractivity contribution is 5.92. The number of alkyl halides is 3. The fourth-order valence-electron chi connectivity index (χ4n) is 0.698. The Hall–Kier alpha value is -1.67. The maximum absolute atomic E-state index is 11.7. The predicted octanol–water partition coefficient (Wildman–Crippen LogP) is 0.373. The van der Waals surface area contributed by atoms with Crippen LogP contribution in [0.2, 0.25) is 0 Å². The molecule has 0 saturated carbocycles. The van der Waals surface area contributed by atoms with E-state index < -0.39 is 24.3 Å². The lowest BCUT2D eigenvalue weighted by Gasteiger charge is -2.24. The van der Waals surface area contributed by atoms with Gasteiger partial charge in [-0.15, -0.1) is 0 Å². The van der Waals surface area contributed by atoms with Crippen LogP contribution < -0.4 is 16.4 Å². The van der Waals surface area contributed by atoms with Crippen molar-refractivity contribution in [2.75, 3.05) is 6.54 Å². The minimum atomic E-state index is -4.49. The SMILES string of the molecule is CC(C)(NC(=O)NCC(F)(F)F)C(N)=NO. The summed E-state index contributed by atoms with van der Waals surface area (Å²) in [5.41, 5.74) is 3.97. The summed E-state index contributed by atoms with van der Waals surface area (Å²) in [6.45, 7) is 1.29. The summed E-state index contributed by atoms with van der Waals surface area (Å²) in [7, 11) is 0. The Kier molecular flexibility index (Phi) is 4.39. The van der Waals surface area contributed by atoms with Crippen LogP contribution in [0.15, 0.2) is 5.16 Å². The number of nitrogens with one attached hydrogen (secondary N) is 2. The first kappa shape index (κ1) is 14.3. The Balaban J connectivity index is 4.26. The lowest BCUT2D eigenvalue weighted by Crippen LogP contribution is -2.56. The van der Waals surface area contributed by atoms with Crippen LogP contribution in [-0.2, 0) is 0 Å². The van der Waals surface area contributed by atoms with Gasteiger partial charge in [-0.05, 0) is 13.8 Å². The highest BCUT2D eigenvalue weighted by atomic mass is 19.4. The largest absolute Gasteiger partial charge is 0.409 e. The Bertz CT molecular complexity index is 288. The molecule has 0 aliphatic rings. The van der Waals surface area contributed by atoms with Crippen molar-refractivity contribution in [1.29, 1.82) is 0 Å². The summed E-state index contributed by atoms with van der Waals surface area (Å²) in [5, 5.41) is 14.7. The molecule has 0 heterocycles. The van der Waals surface area contributed by atoms with Crippen LogP contribution in [0.25, 0.3) is 0 Å². The van der Waals surface area contributed by atoms with E-state index in [1.54, 1.807) is 5.32 Å². The lowest BCUT2D eigenvalue weighted by molar-refractivity contribution is -0.122. The monoisotopic (exact) mass is 242 g/mol. The molecule has 0 aliphatic heterocycles. The maximum atomic E-state index is 11.7. The van der Waals surface area contributed by atoms with E-state index >= 15 is 0 Å². The average Bonchev–Trinajstić information content (AvgIpc) is 2.11. The first-order chi connectivity index (χ1) is 7.08. The number of carbonyl (C=O) groups is 1. The van der Waals surface area contributed by atoms with E-state index in [4.69, 9.17) is 10.9 Å². The van der Waals surface area contributed by atoms with Gasteiger partial charge in [-0.2, -0.15) is 13.2 Å². The van der Waals surface area contributed by atoms with E-state index in [1.165, 1.54) is 13.8 Å². The molecule has 0 atom stereocenters. The van der Waals surface area contributed by atoms with E-state index in [-0.39, 0.29) is 5.84 Å². The molecular formula is C7H13F3N4O2. The van der Waals surface area contributed by atoms with E-state index in [0.717, 1.165) is 0 Å². The van der Waals surface area contributed by atoms with Gasteiger partial charge in [0.1, 0.15) is 6.54 Å². The first-order valence-corrected chi connectivity index (χ1v) is 4.19. The summed E-state index contributed by atoms with van der Waals surface area (Å²) in [5.74, 6) is -0.324. The van der Waals surface area contributed by atoms with Crippen LogP contribution in [0.5, 0.6) is 0 Å². The van der Waals surface area contributed by atoms with E-state index in [1.807, 2.05) is 0 Å². The molecule has 0 aromatic heterocycles. The quantitative estimate of drug-likeness (QED) is 0.249. The molecule has 0 radical (unpaired) electrons. The van der Waals surface area contributed by atoms with E-state index in [0.29, 0.717) is 0 Å². The summed E-state index contributed by atoms with van der Waals surface area (Å²) in [4.78, 5) is 11.0. The highest BCUT2D eigenvalue weighted by Crippen LogP contribution is 2.12. The zero-order chi connectivity index (χ0) is 13.0. The minimum absolute atomic E-state index is 0.324. The number of rotatable bonds is 3. The van der Waals surface area contributed by atoms with Crippen LogP contribution in [0.1, 0.15) is 13.8 Å². The highest BCUT2D eigenvalue weighted by Gasteiger charge is 2.30. The van der Waals surface area contributed by atoms with Crippen molar-refractivity contribution in [1.82, 2.24) is 10.6 Å². The number of amides is 2. The number of nitrogens with zero attached hydrogens (tertiary/aromatic N) is 1. The zero-order valence-electron chi connectivity index (χ0n) is 8.72. The van der Waals surface area contributed by atoms with Gasteiger partial charge < -0.3 is 21.6 Å². The third-order valence-electron chi connectivity index (χ3n) is 1.62. The zero-order valence-corrected chi connectivity index (χ0v) is 8.72. The van der Waals surface area contributed by atoms with Crippen molar-refractivity contribution in [3.63, 3.8) is 0 Å². The molecule has 0 fully saturated rings. The van der Waals surface area contributed by atoms with Gasteiger partial charge >= 0.3 is 12.2 Å². The molecule has 0 aliphatic carbocycles. The molecule has 0 rings (SSSR count). The molecule has 6 nitrogen and oxygen atoms in total. The van der Waals surface area contributed by atoms with Gasteiger partial charge in [0, 0.05) is 0 Å². The fourth-order valence-corrected chi connectivity index (χ4v) is 0.698. The normalized spacial score (nSPS) is 13.4. The summed E-state index contributed by atoms with van der Waals surface area (Å²) in [6, 6.07) is -1.06. The van der Waals surface area contributed by atoms with Crippen LogP contribution >= 0.6 is 0 Å². The predicted molar refractivity (Wildman–Crippen MR) is 50.1 cm³/mol. The van der Waals surface area contributed by atoms with Crippen molar-refractivity contribution < 1.29 is 23.2 Å². The second-order valence-corrected chi connectivity index (χ2v) is 3.53. The Morgan fingerprint density at radius 2 is 1.94 bits per heavy atom. The molecule has 0 unspecified atom stereocenters. The fraction of sp³-hybridized carbons (Fsp3) is 0.714. The molecule has 0 spiro atoms. The Morgan fingerprint density at radius 1 is 1.44 bits per heavy atom. The van der Waals surface area contributed by atoms with E-state index in [2.05, 4.69) is 10.5 Å². The number of halogens is 3. The number of urea groups is 1. The molecule has 0 aromatic rings. The van der Waals surface area contributed by atoms with Gasteiger partial charge in [0.2, 0.25) is 0 Å². The number of hydrogen-bond donors (Lipinski definition) is 4. The summed E-state index contributed by atoms with van der Waals surface area (Å²) in [6.07, 6.45) is -4.49. The molecule has 9 heteroatoms. The van der Waals surface area contributed by atoms with Crippen LogP contribution in [-0.4, -0.2) is 35.3 Å². The number of oxime groups is 1. The number of hydrogen-bond acceptors (Lipinski definition) is 3. The summed E-state index contributed by atoms with van der Waals surface area (Å²) >= 11 is 0. The van der Waals surface area contributed by atoms with Crippen LogP contribution in [0, 0.1) is 0 Å². The van der Waals surface area contributed by atoms with Gasteiger partial charge in [0.15, 0.2) is 5.84 Å². The first-order valence-electron chi connectivity index (χ1n) is 4.19. The Labute approximate surface area is 89.7 Å². The Morgan fingerprint density at radius 3 is 2.31 bits per heavy atom. The standard InChI is InChI=1S/C7H13F3N4O2/c1-6(2,4(11)14-16)13-5(15)12-3-7(8,9)10/h16H,3H2,1-2H3,(H2,11,14)(H2,12,13,15). The van der Waals surface area contributed by atoms with Gasteiger partial charge in [-0.1, -0.05) is 5.16 Å². The minimum Gasteiger partial charge on any atom is -0.409 e.